The lowest BCUT2D eigenvalue weighted by molar-refractivity contribution is -0.119. The number of carbonyl (C=O) groups is 2. The third-order valence-corrected chi connectivity index (χ3v) is 6.12. The molecule has 0 spiro atoms. The number of nitrogens with two attached hydrogens (primary N) is 1. The molecule has 26 heavy (non-hydrogen) atoms. The van der Waals surface area contributed by atoms with Crippen LogP contribution in [0.4, 0.5) is 5.69 Å². The first-order valence-electron chi connectivity index (χ1n) is 8.68. The minimum atomic E-state index is -3.33. The Bertz CT molecular complexity index is 793. The van der Waals surface area contributed by atoms with Crippen LogP contribution in [0.15, 0.2) is 24.3 Å². The summed E-state index contributed by atoms with van der Waals surface area (Å²) in [6, 6.07) is 5.98. The van der Waals surface area contributed by atoms with Gasteiger partial charge in [0.1, 0.15) is 0 Å². The largest absolute Gasteiger partial charge is 0.346 e. The number of sulfonamides is 1. The zero-order valence-electron chi connectivity index (χ0n) is 14.7. The van der Waals surface area contributed by atoms with Gasteiger partial charge in [0.15, 0.2) is 0 Å². The standard InChI is InChI=1S/C17H24N4O4S/c1-26(24,25)20-10-14(18)15(11-20)19-17(23)12-5-7-13(8-6-12)21-9-3-2-4-16(21)22/h5-8,14-15H,2-4,9-11,18H2,1H3,(H,19,23). The van der Waals surface area contributed by atoms with Gasteiger partial charge in [-0.15, -0.1) is 0 Å². The second-order valence-corrected chi connectivity index (χ2v) is 8.86. The van der Waals surface area contributed by atoms with E-state index in [9.17, 15) is 18.0 Å². The monoisotopic (exact) mass is 380 g/mol. The maximum absolute atomic E-state index is 12.4. The molecule has 0 saturated carbocycles. The molecule has 2 aliphatic rings. The van der Waals surface area contributed by atoms with Crippen molar-refractivity contribution in [3.8, 4) is 0 Å². The van der Waals surface area contributed by atoms with Gasteiger partial charge < -0.3 is 16.0 Å². The van der Waals surface area contributed by atoms with E-state index in [0.717, 1.165) is 24.8 Å². The van der Waals surface area contributed by atoms with E-state index in [0.29, 0.717) is 18.5 Å². The zero-order valence-corrected chi connectivity index (χ0v) is 15.5. The Labute approximate surface area is 153 Å². The molecule has 1 aromatic rings. The summed E-state index contributed by atoms with van der Waals surface area (Å²) >= 11 is 0. The number of hydrogen-bond donors (Lipinski definition) is 2. The first-order chi connectivity index (χ1) is 12.3. The molecule has 2 heterocycles. The smallest absolute Gasteiger partial charge is 0.251 e. The van der Waals surface area contributed by atoms with Gasteiger partial charge in [-0.05, 0) is 37.1 Å². The number of nitrogens with one attached hydrogen (secondary N) is 1. The SMILES string of the molecule is CS(=O)(=O)N1CC(N)C(NC(=O)c2ccc(N3CCCCC3=O)cc2)C1. The number of hydrogen-bond acceptors (Lipinski definition) is 5. The third-order valence-electron chi connectivity index (χ3n) is 4.88. The summed E-state index contributed by atoms with van der Waals surface area (Å²) < 4.78 is 24.5. The van der Waals surface area contributed by atoms with E-state index in [2.05, 4.69) is 5.32 Å². The number of benzene rings is 1. The van der Waals surface area contributed by atoms with Crippen LogP contribution >= 0.6 is 0 Å². The van der Waals surface area contributed by atoms with Crippen molar-refractivity contribution in [3.05, 3.63) is 29.8 Å². The molecular weight excluding hydrogens is 356 g/mol. The normalized spacial score (nSPS) is 24.7. The van der Waals surface area contributed by atoms with Crippen LogP contribution in [-0.2, 0) is 14.8 Å². The molecule has 9 heteroatoms. The Kier molecular flexibility index (Phi) is 5.31. The lowest BCUT2D eigenvalue weighted by Gasteiger charge is -2.26. The third kappa shape index (κ3) is 4.05. The van der Waals surface area contributed by atoms with Crippen LogP contribution in [-0.4, -0.2) is 62.5 Å². The second kappa shape index (κ2) is 7.34. The molecule has 3 rings (SSSR count). The fourth-order valence-electron chi connectivity index (χ4n) is 3.34. The van der Waals surface area contributed by atoms with E-state index in [-0.39, 0.29) is 24.9 Å². The van der Waals surface area contributed by atoms with Crippen LogP contribution in [0.3, 0.4) is 0 Å². The van der Waals surface area contributed by atoms with Crippen LogP contribution in [0, 0.1) is 0 Å². The quantitative estimate of drug-likeness (QED) is 0.758. The number of nitrogens with zero attached hydrogens (tertiary/aromatic N) is 2. The van der Waals surface area contributed by atoms with E-state index in [4.69, 9.17) is 5.73 Å². The van der Waals surface area contributed by atoms with Gasteiger partial charge in [-0.3, -0.25) is 9.59 Å². The summed E-state index contributed by atoms with van der Waals surface area (Å²) in [6.45, 7) is 1.06. The van der Waals surface area contributed by atoms with Crippen LogP contribution < -0.4 is 16.0 Å². The lowest BCUT2D eigenvalue weighted by atomic mass is 10.1. The number of anilines is 1. The molecule has 2 saturated heterocycles. The summed E-state index contributed by atoms with van der Waals surface area (Å²) in [4.78, 5) is 26.1. The van der Waals surface area contributed by atoms with Gasteiger partial charge in [0.05, 0.1) is 12.3 Å². The molecule has 0 aromatic heterocycles. The highest BCUT2D eigenvalue weighted by molar-refractivity contribution is 7.88. The van der Waals surface area contributed by atoms with Crippen molar-refractivity contribution in [1.29, 1.82) is 0 Å². The average Bonchev–Trinajstić information content (AvgIpc) is 2.96. The van der Waals surface area contributed by atoms with Gasteiger partial charge >= 0.3 is 0 Å². The van der Waals surface area contributed by atoms with Gasteiger partial charge in [-0.25, -0.2) is 8.42 Å². The molecule has 2 amide bonds. The van der Waals surface area contributed by atoms with Crippen LogP contribution in [0.2, 0.25) is 0 Å². The van der Waals surface area contributed by atoms with Gasteiger partial charge in [0, 0.05) is 43.3 Å². The minimum absolute atomic E-state index is 0.103. The van der Waals surface area contributed by atoms with E-state index in [1.165, 1.54) is 4.31 Å². The van der Waals surface area contributed by atoms with Crippen molar-refractivity contribution in [2.45, 2.75) is 31.3 Å². The molecule has 0 aliphatic carbocycles. The maximum atomic E-state index is 12.4. The molecule has 142 valence electrons. The van der Waals surface area contributed by atoms with Crippen molar-refractivity contribution < 1.29 is 18.0 Å². The first kappa shape index (κ1) is 18.8. The molecule has 3 N–H and O–H groups in total. The summed E-state index contributed by atoms with van der Waals surface area (Å²) in [6.07, 6.45) is 3.58. The van der Waals surface area contributed by atoms with Crippen LogP contribution in [0.5, 0.6) is 0 Å². The Morgan fingerprint density at radius 2 is 1.88 bits per heavy atom. The lowest BCUT2D eigenvalue weighted by Crippen LogP contribution is -2.46. The van der Waals surface area contributed by atoms with Crippen molar-refractivity contribution in [2.24, 2.45) is 5.73 Å². The highest BCUT2D eigenvalue weighted by atomic mass is 32.2. The van der Waals surface area contributed by atoms with Gasteiger partial charge in [0.2, 0.25) is 15.9 Å². The summed E-state index contributed by atoms with van der Waals surface area (Å²) in [7, 11) is -3.33. The first-order valence-corrected chi connectivity index (χ1v) is 10.5. The van der Waals surface area contributed by atoms with E-state index < -0.39 is 22.1 Å². The Morgan fingerprint density at radius 1 is 1.19 bits per heavy atom. The summed E-state index contributed by atoms with van der Waals surface area (Å²) in [5.74, 6) is -0.205. The number of rotatable bonds is 4. The fourth-order valence-corrected chi connectivity index (χ4v) is 4.21. The van der Waals surface area contributed by atoms with Crippen molar-refractivity contribution in [3.63, 3.8) is 0 Å². The number of amides is 2. The number of piperidine rings is 1. The van der Waals surface area contributed by atoms with Crippen LogP contribution in [0.1, 0.15) is 29.6 Å². The minimum Gasteiger partial charge on any atom is -0.346 e. The molecule has 2 fully saturated rings. The fraction of sp³-hybridized carbons (Fsp3) is 0.529. The zero-order chi connectivity index (χ0) is 18.9. The van der Waals surface area contributed by atoms with Crippen LogP contribution in [0.25, 0.3) is 0 Å². The highest BCUT2D eigenvalue weighted by Crippen LogP contribution is 2.21. The van der Waals surface area contributed by atoms with E-state index >= 15 is 0 Å². The molecular formula is C17H24N4O4S. The Morgan fingerprint density at radius 3 is 2.46 bits per heavy atom. The van der Waals surface area contributed by atoms with Gasteiger partial charge in [0.25, 0.3) is 5.91 Å². The van der Waals surface area contributed by atoms with E-state index in [1.807, 2.05) is 0 Å². The molecule has 0 radical (unpaired) electrons. The summed E-state index contributed by atoms with van der Waals surface area (Å²) in [5.41, 5.74) is 7.20. The average molecular weight is 380 g/mol. The summed E-state index contributed by atoms with van der Waals surface area (Å²) in [5, 5.41) is 2.80. The highest BCUT2D eigenvalue weighted by Gasteiger charge is 2.35. The number of carbonyl (C=O) groups excluding carboxylic acids is 2. The van der Waals surface area contributed by atoms with Crippen molar-refractivity contribution >= 4 is 27.5 Å². The molecule has 0 bridgehead atoms. The predicted molar refractivity (Wildman–Crippen MR) is 98.3 cm³/mol. The second-order valence-electron chi connectivity index (χ2n) is 6.87. The Hall–Kier alpha value is -1.97. The van der Waals surface area contributed by atoms with Crippen molar-refractivity contribution in [2.75, 3.05) is 30.8 Å². The van der Waals surface area contributed by atoms with Gasteiger partial charge in [-0.2, -0.15) is 4.31 Å². The molecule has 2 unspecified atom stereocenters. The van der Waals surface area contributed by atoms with E-state index in [1.54, 1.807) is 29.2 Å². The van der Waals surface area contributed by atoms with Crippen molar-refractivity contribution in [1.82, 2.24) is 9.62 Å². The molecule has 2 aliphatic heterocycles. The molecule has 2 atom stereocenters. The van der Waals surface area contributed by atoms with Gasteiger partial charge in [-0.1, -0.05) is 0 Å². The topological polar surface area (TPSA) is 113 Å². The Balaban J connectivity index is 1.64. The maximum Gasteiger partial charge on any atom is 0.251 e. The molecule has 1 aromatic carbocycles. The molecule has 8 nitrogen and oxygen atoms in total. The predicted octanol–water partition coefficient (Wildman–Crippen LogP) is -0.0956.